The van der Waals surface area contributed by atoms with Crippen LogP contribution in [-0.4, -0.2) is 32.5 Å². The molecule has 0 heterocycles. The summed E-state index contributed by atoms with van der Waals surface area (Å²) in [5, 5.41) is 2.32. The summed E-state index contributed by atoms with van der Waals surface area (Å²) in [6.07, 6.45) is -5.46. The summed E-state index contributed by atoms with van der Waals surface area (Å²) < 4.78 is 61.0. The zero-order chi connectivity index (χ0) is 16.2. The largest absolute Gasteiger partial charge is 0.416 e. The van der Waals surface area contributed by atoms with E-state index in [1.807, 2.05) is 0 Å². The monoisotopic (exact) mass is 309 g/mol. The van der Waals surface area contributed by atoms with Gasteiger partial charge in [0.1, 0.15) is 5.82 Å². The summed E-state index contributed by atoms with van der Waals surface area (Å²) in [4.78, 5) is 11.9. The van der Waals surface area contributed by atoms with Gasteiger partial charge in [-0.3, -0.25) is 4.79 Å². The van der Waals surface area contributed by atoms with Crippen LogP contribution < -0.4 is 5.32 Å². The van der Waals surface area contributed by atoms with E-state index in [1.165, 1.54) is 21.1 Å². The number of carbonyl (C=O) groups excluding carboxylic acids is 1. The molecule has 118 valence electrons. The minimum atomic E-state index is -4.66. The summed E-state index contributed by atoms with van der Waals surface area (Å²) in [5.41, 5.74) is -1.79. The van der Waals surface area contributed by atoms with Gasteiger partial charge in [-0.25, -0.2) is 4.39 Å². The molecule has 21 heavy (non-hydrogen) atoms. The predicted molar refractivity (Wildman–Crippen MR) is 66.1 cm³/mol. The molecule has 1 N–H and O–H groups in total. The van der Waals surface area contributed by atoms with Gasteiger partial charge < -0.3 is 14.8 Å². The summed E-state index contributed by atoms with van der Waals surface area (Å²) in [6, 6.07) is 0.961. The molecule has 0 bridgehead atoms. The van der Waals surface area contributed by atoms with E-state index < -0.39 is 41.4 Å². The molecule has 1 aromatic carbocycles. The number of rotatable bonds is 5. The van der Waals surface area contributed by atoms with Crippen molar-refractivity contribution in [3.05, 3.63) is 35.1 Å². The van der Waals surface area contributed by atoms with Crippen molar-refractivity contribution >= 4 is 5.91 Å². The van der Waals surface area contributed by atoms with Gasteiger partial charge in [-0.1, -0.05) is 0 Å². The minimum absolute atomic E-state index is 0.464. The standard InChI is InChI=1S/C13H15F4NO3/c1-7(12(20-2)21-3)18-11(19)9-6-8(13(15,16)17)4-5-10(9)14/h4-7,12H,1-3H3,(H,18,19). The van der Waals surface area contributed by atoms with Gasteiger partial charge in [-0.2, -0.15) is 13.2 Å². The Morgan fingerprint density at radius 3 is 2.29 bits per heavy atom. The molecule has 0 aliphatic heterocycles. The molecular weight excluding hydrogens is 294 g/mol. The number of benzene rings is 1. The molecule has 0 saturated carbocycles. The Labute approximate surface area is 119 Å². The van der Waals surface area contributed by atoms with E-state index in [4.69, 9.17) is 9.47 Å². The number of amides is 1. The molecule has 1 amide bonds. The predicted octanol–water partition coefficient (Wildman–Crippen LogP) is 2.58. The minimum Gasteiger partial charge on any atom is -0.354 e. The maximum atomic E-state index is 13.5. The van der Waals surface area contributed by atoms with Crippen molar-refractivity contribution in [3.63, 3.8) is 0 Å². The Morgan fingerprint density at radius 1 is 1.24 bits per heavy atom. The third-order valence-corrected chi connectivity index (χ3v) is 2.77. The number of methoxy groups -OCH3 is 2. The van der Waals surface area contributed by atoms with Crippen molar-refractivity contribution < 1.29 is 31.8 Å². The smallest absolute Gasteiger partial charge is 0.354 e. The molecule has 1 rings (SSSR count). The van der Waals surface area contributed by atoms with Crippen LogP contribution in [0, 0.1) is 5.82 Å². The molecule has 0 spiro atoms. The second-order valence-corrected chi connectivity index (χ2v) is 4.29. The number of halogens is 4. The normalized spacial score (nSPS) is 13.3. The average molecular weight is 309 g/mol. The van der Waals surface area contributed by atoms with E-state index in [9.17, 15) is 22.4 Å². The second-order valence-electron chi connectivity index (χ2n) is 4.29. The highest BCUT2D eigenvalue weighted by molar-refractivity contribution is 5.94. The van der Waals surface area contributed by atoms with E-state index in [0.717, 1.165) is 0 Å². The molecule has 0 aliphatic carbocycles. The molecule has 0 aromatic heterocycles. The fourth-order valence-corrected chi connectivity index (χ4v) is 1.73. The number of hydrogen-bond donors (Lipinski definition) is 1. The van der Waals surface area contributed by atoms with Crippen molar-refractivity contribution in [2.75, 3.05) is 14.2 Å². The van der Waals surface area contributed by atoms with Crippen LogP contribution in [0.25, 0.3) is 0 Å². The number of ether oxygens (including phenoxy) is 2. The molecule has 8 heteroatoms. The average Bonchev–Trinajstić information content (AvgIpc) is 2.39. The number of hydrogen-bond acceptors (Lipinski definition) is 3. The summed E-state index contributed by atoms with van der Waals surface area (Å²) in [7, 11) is 2.67. The highest BCUT2D eigenvalue weighted by Crippen LogP contribution is 2.30. The zero-order valence-corrected chi connectivity index (χ0v) is 11.6. The third kappa shape index (κ3) is 4.40. The molecule has 0 radical (unpaired) electrons. The molecule has 0 saturated heterocycles. The van der Waals surface area contributed by atoms with Crippen LogP contribution in [0.5, 0.6) is 0 Å². The molecule has 4 nitrogen and oxygen atoms in total. The van der Waals surface area contributed by atoms with Gasteiger partial charge in [0.2, 0.25) is 0 Å². The fraction of sp³-hybridized carbons (Fsp3) is 0.462. The molecule has 1 aromatic rings. The molecule has 0 fully saturated rings. The summed E-state index contributed by atoms with van der Waals surface area (Å²) in [6.45, 7) is 1.51. The first-order valence-electron chi connectivity index (χ1n) is 5.94. The van der Waals surface area contributed by atoms with Crippen LogP contribution in [0.4, 0.5) is 17.6 Å². The first kappa shape index (κ1) is 17.4. The van der Waals surface area contributed by atoms with Crippen molar-refractivity contribution in [2.24, 2.45) is 0 Å². The van der Waals surface area contributed by atoms with Crippen LogP contribution in [-0.2, 0) is 15.7 Å². The van der Waals surface area contributed by atoms with Crippen LogP contribution in [0.1, 0.15) is 22.8 Å². The van der Waals surface area contributed by atoms with Gasteiger partial charge in [-0.05, 0) is 25.1 Å². The quantitative estimate of drug-likeness (QED) is 0.672. The topological polar surface area (TPSA) is 47.6 Å². The Hall–Kier alpha value is -1.67. The first-order valence-corrected chi connectivity index (χ1v) is 5.94. The van der Waals surface area contributed by atoms with Crippen molar-refractivity contribution in [3.8, 4) is 0 Å². The third-order valence-electron chi connectivity index (χ3n) is 2.77. The summed E-state index contributed by atoms with van der Waals surface area (Å²) >= 11 is 0. The maximum Gasteiger partial charge on any atom is 0.416 e. The summed E-state index contributed by atoms with van der Waals surface area (Å²) in [5.74, 6) is -2.02. The Morgan fingerprint density at radius 2 is 1.81 bits per heavy atom. The lowest BCUT2D eigenvalue weighted by Gasteiger charge is -2.22. The van der Waals surface area contributed by atoms with Gasteiger partial charge in [0.05, 0.1) is 17.2 Å². The number of carbonyl (C=O) groups is 1. The molecular formula is C13H15F4NO3. The van der Waals surface area contributed by atoms with E-state index in [0.29, 0.717) is 18.2 Å². The van der Waals surface area contributed by atoms with Crippen molar-refractivity contribution in [1.29, 1.82) is 0 Å². The highest BCUT2D eigenvalue weighted by atomic mass is 19.4. The van der Waals surface area contributed by atoms with Crippen LogP contribution in [0.15, 0.2) is 18.2 Å². The Bertz CT molecular complexity index is 501. The SMILES string of the molecule is COC(OC)C(C)NC(=O)c1cc(C(F)(F)F)ccc1F. The highest BCUT2D eigenvalue weighted by Gasteiger charge is 2.32. The Balaban J connectivity index is 2.97. The number of nitrogens with one attached hydrogen (secondary N) is 1. The molecule has 1 unspecified atom stereocenters. The van der Waals surface area contributed by atoms with E-state index in [2.05, 4.69) is 5.32 Å². The lowest BCUT2D eigenvalue weighted by atomic mass is 10.1. The second kappa shape index (κ2) is 6.86. The van der Waals surface area contributed by atoms with Gasteiger partial charge in [-0.15, -0.1) is 0 Å². The van der Waals surface area contributed by atoms with Gasteiger partial charge in [0.15, 0.2) is 6.29 Å². The van der Waals surface area contributed by atoms with E-state index in [1.54, 1.807) is 0 Å². The fourth-order valence-electron chi connectivity index (χ4n) is 1.73. The van der Waals surface area contributed by atoms with Gasteiger partial charge >= 0.3 is 6.18 Å². The lowest BCUT2D eigenvalue weighted by Crippen LogP contribution is -2.43. The van der Waals surface area contributed by atoms with Crippen LogP contribution in [0.3, 0.4) is 0 Å². The van der Waals surface area contributed by atoms with E-state index in [-0.39, 0.29) is 0 Å². The maximum absolute atomic E-state index is 13.5. The van der Waals surface area contributed by atoms with Crippen molar-refractivity contribution in [1.82, 2.24) is 5.32 Å². The first-order chi connectivity index (χ1) is 9.70. The lowest BCUT2D eigenvalue weighted by molar-refractivity contribution is -0.137. The van der Waals surface area contributed by atoms with Crippen LogP contribution >= 0.6 is 0 Å². The Kier molecular flexibility index (Phi) is 5.68. The number of alkyl halides is 3. The van der Waals surface area contributed by atoms with Crippen molar-refractivity contribution in [2.45, 2.75) is 25.4 Å². The molecule has 1 atom stereocenters. The van der Waals surface area contributed by atoms with E-state index >= 15 is 0 Å². The zero-order valence-electron chi connectivity index (χ0n) is 11.6. The van der Waals surface area contributed by atoms with Gasteiger partial charge in [0, 0.05) is 14.2 Å². The van der Waals surface area contributed by atoms with Gasteiger partial charge in [0.25, 0.3) is 5.91 Å². The molecule has 0 aliphatic rings. The van der Waals surface area contributed by atoms with Crippen LogP contribution in [0.2, 0.25) is 0 Å².